The molecule has 0 spiro atoms. The number of ether oxygens (including phenoxy) is 1. The minimum absolute atomic E-state index is 0.176. The van der Waals surface area contributed by atoms with Crippen LogP contribution in [-0.2, 0) is 6.61 Å². The highest BCUT2D eigenvalue weighted by atomic mass is 16.5. The van der Waals surface area contributed by atoms with Crippen LogP contribution < -0.4 is 10.1 Å². The summed E-state index contributed by atoms with van der Waals surface area (Å²) in [6.07, 6.45) is 4.57. The van der Waals surface area contributed by atoms with Crippen molar-refractivity contribution < 1.29 is 9.84 Å². The number of nitrogens with zero attached hydrogens (tertiary/aromatic N) is 4. The molecule has 7 heteroatoms. The molecule has 0 bridgehead atoms. The Morgan fingerprint density at radius 3 is 2.24 bits per heavy atom. The van der Waals surface area contributed by atoms with Crippen LogP contribution in [0.3, 0.4) is 0 Å². The van der Waals surface area contributed by atoms with Gasteiger partial charge in [-0.05, 0) is 45.0 Å². The lowest BCUT2D eigenvalue weighted by Gasteiger charge is -2.14. The van der Waals surface area contributed by atoms with Gasteiger partial charge in [0.25, 0.3) is 5.88 Å². The quantitative estimate of drug-likeness (QED) is 0.495. The van der Waals surface area contributed by atoms with Crippen molar-refractivity contribution in [2.45, 2.75) is 26.4 Å². The number of aliphatic hydroxyl groups excluding tert-OH is 1. The predicted molar refractivity (Wildman–Crippen MR) is 128 cm³/mol. The summed E-state index contributed by atoms with van der Waals surface area (Å²) in [5.74, 6) is 0.370. The Hall–Kier alpha value is -3.73. The highest BCUT2D eigenvalue weighted by Gasteiger charge is 2.20. The SMILES string of the molecule is C1CCNC1.COc1nc(-c2ccc(C#N)cc2)c(-c2ccc(C)cc2)n2cc(CO)nc12. The van der Waals surface area contributed by atoms with Crippen molar-refractivity contribution >= 4 is 5.65 Å². The van der Waals surface area contributed by atoms with Crippen LogP contribution >= 0.6 is 0 Å². The molecule has 1 fully saturated rings. The van der Waals surface area contributed by atoms with E-state index in [2.05, 4.69) is 16.4 Å². The number of methoxy groups -OCH3 is 1. The first-order chi connectivity index (χ1) is 16.1. The van der Waals surface area contributed by atoms with Gasteiger partial charge < -0.3 is 15.2 Å². The van der Waals surface area contributed by atoms with Crippen molar-refractivity contribution in [3.8, 4) is 34.5 Å². The third kappa shape index (κ3) is 4.87. The molecule has 33 heavy (non-hydrogen) atoms. The fraction of sp³-hybridized carbons (Fsp3) is 0.269. The van der Waals surface area contributed by atoms with Crippen LogP contribution in [0.1, 0.15) is 29.7 Å². The minimum atomic E-state index is -0.176. The van der Waals surface area contributed by atoms with Crippen LogP contribution in [-0.4, -0.2) is 39.7 Å². The first kappa shape index (κ1) is 22.5. The number of fused-ring (bicyclic) bond motifs is 1. The number of aryl methyl sites for hydroxylation is 1. The molecule has 0 atom stereocenters. The molecule has 0 unspecified atom stereocenters. The maximum absolute atomic E-state index is 9.58. The molecule has 2 aromatic heterocycles. The summed E-state index contributed by atoms with van der Waals surface area (Å²) in [5, 5.41) is 21.9. The van der Waals surface area contributed by atoms with E-state index in [0.717, 1.165) is 22.4 Å². The summed E-state index contributed by atoms with van der Waals surface area (Å²) in [6, 6.07) is 17.5. The molecular weight excluding hydrogens is 414 g/mol. The zero-order valence-corrected chi connectivity index (χ0v) is 18.9. The molecular formula is C26H27N5O2. The second-order valence-corrected chi connectivity index (χ2v) is 7.91. The average Bonchev–Trinajstić information content (AvgIpc) is 3.57. The molecule has 4 aromatic rings. The lowest BCUT2D eigenvalue weighted by Crippen LogP contribution is -2.03. The average molecular weight is 442 g/mol. The van der Waals surface area contributed by atoms with E-state index >= 15 is 0 Å². The third-order valence-electron chi connectivity index (χ3n) is 5.55. The molecule has 2 N–H and O–H groups in total. The zero-order valence-electron chi connectivity index (χ0n) is 18.9. The number of aromatic nitrogens is 3. The molecule has 1 saturated heterocycles. The molecule has 1 aliphatic heterocycles. The van der Waals surface area contributed by atoms with Crippen molar-refractivity contribution in [2.75, 3.05) is 20.2 Å². The Labute approximate surface area is 193 Å². The second kappa shape index (κ2) is 10.3. The van der Waals surface area contributed by atoms with Crippen molar-refractivity contribution in [3.63, 3.8) is 0 Å². The largest absolute Gasteiger partial charge is 0.478 e. The van der Waals surface area contributed by atoms with Gasteiger partial charge in [0.15, 0.2) is 0 Å². The van der Waals surface area contributed by atoms with E-state index in [1.807, 2.05) is 47.7 Å². The number of nitriles is 1. The zero-order chi connectivity index (χ0) is 23.2. The van der Waals surface area contributed by atoms with E-state index in [4.69, 9.17) is 15.0 Å². The Morgan fingerprint density at radius 2 is 1.70 bits per heavy atom. The molecule has 0 amide bonds. The van der Waals surface area contributed by atoms with Crippen molar-refractivity contribution in [2.24, 2.45) is 0 Å². The summed E-state index contributed by atoms with van der Waals surface area (Å²) in [6.45, 7) is 4.36. The number of hydrogen-bond acceptors (Lipinski definition) is 6. The molecule has 0 saturated carbocycles. The second-order valence-electron chi connectivity index (χ2n) is 7.91. The van der Waals surface area contributed by atoms with Gasteiger partial charge in [0.05, 0.1) is 42.4 Å². The van der Waals surface area contributed by atoms with Crippen LogP contribution in [0.15, 0.2) is 54.7 Å². The molecule has 1 aliphatic rings. The van der Waals surface area contributed by atoms with E-state index in [1.165, 1.54) is 25.9 Å². The number of hydrogen-bond donors (Lipinski definition) is 2. The van der Waals surface area contributed by atoms with Gasteiger partial charge >= 0.3 is 0 Å². The van der Waals surface area contributed by atoms with Crippen LogP contribution in [0.25, 0.3) is 28.2 Å². The van der Waals surface area contributed by atoms with Gasteiger partial charge in [-0.15, -0.1) is 0 Å². The van der Waals surface area contributed by atoms with Crippen molar-refractivity contribution in [1.82, 2.24) is 19.7 Å². The molecule has 168 valence electrons. The third-order valence-corrected chi connectivity index (χ3v) is 5.55. The number of nitrogens with one attached hydrogen (secondary N) is 1. The Bertz CT molecular complexity index is 1260. The standard InChI is InChI=1S/C22H18N4O2.C4H9N/c1-14-3-7-17(8-4-14)20-19(16-9-5-15(11-23)6-10-16)25-22(28-2)21-24-18(13-27)12-26(20)21;1-2-4-5-3-1/h3-10,12,27H,13H2,1-2H3;5H,1-4H2. The highest BCUT2D eigenvalue weighted by Crippen LogP contribution is 2.35. The topological polar surface area (TPSA) is 95.5 Å². The van der Waals surface area contributed by atoms with Gasteiger partial charge in [0, 0.05) is 17.3 Å². The van der Waals surface area contributed by atoms with Crippen molar-refractivity contribution in [3.05, 3.63) is 71.5 Å². The maximum atomic E-state index is 9.58. The first-order valence-electron chi connectivity index (χ1n) is 11.0. The van der Waals surface area contributed by atoms with Gasteiger partial charge in [-0.3, -0.25) is 4.40 Å². The Morgan fingerprint density at radius 1 is 1.03 bits per heavy atom. The normalized spacial score (nSPS) is 12.8. The van der Waals surface area contributed by atoms with Crippen molar-refractivity contribution in [1.29, 1.82) is 5.26 Å². The molecule has 7 nitrogen and oxygen atoms in total. The van der Waals surface area contributed by atoms with E-state index in [1.54, 1.807) is 25.4 Å². The van der Waals surface area contributed by atoms with Crippen LogP contribution in [0.4, 0.5) is 0 Å². The van der Waals surface area contributed by atoms with E-state index < -0.39 is 0 Å². The van der Waals surface area contributed by atoms with Crippen LogP contribution in [0, 0.1) is 18.3 Å². The van der Waals surface area contributed by atoms with Crippen LogP contribution in [0.2, 0.25) is 0 Å². The van der Waals surface area contributed by atoms with Gasteiger partial charge in [-0.2, -0.15) is 5.26 Å². The minimum Gasteiger partial charge on any atom is -0.478 e. The molecule has 2 aromatic carbocycles. The van der Waals surface area contributed by atoms with Gasteiger partial charge in [0.1, 0.15) is 0 Å². The lowest BCUT2D eigenvalue weighted by atomic mass is 10.0. The maximum Gasteiger partial charge on any atom is 0.258 e. The smallest absolute Gasteiger partial charge is 0.258 e. The van der Waals surface area contributed by atoms with Crippen LogP contribution in [0.5, 0.6) is 5.88 Å². The fourth-order valence-electron chi connectivity index (χ4n) is 3.80. The molecule has 0 radical (unpaired) electrons. The summed E-state index contributed by atoms with van der Waals surface area (Å²) >= 11 is 0. The van der Waals surface area contributed by atoms with Gasteiger partial charge in [-0.25, -0.2) is 9.97 Å². The number of benzene rings is 2. The summed E-state index contributed by atoms with van der Waals surface area (Å²) in [4.78, 5) is 9.17. The number of imidazole rings is 1. The van der Waals surface area contributed by atoms with Gasteiger partial charge in [0.2, 0.25) is 5.65 Å². The predicted octanol–water partition coefficient (Wildman–Crippen LogP) is 4.11. The first-order valence-corrected chi connectivity index (χ1v) is 11.0. The highest BCUT2D eigenvalue weighted by molar-refractivity contribution is 5.81. The molecule has 5 rings (SSSR count). The summed E-state index contributed by atoms with van der Waals surface area (Å²) in [5.41, 5.74) is 6.18. The summed E-state index contributed by atoms with van der Waals surface area (Å²) < 4.78 is 7.37. The fourth-order valence-corrected chi connectivity index (χ4v) is 3.80. The number of rotatable bonds is 4. The molecule has 0 aliphatic carbocycles. The van der Waals surface area contributed by atoms with Gasteiger partial charge in [-0.1, -0.05) is 42.0 Å². The lowest BCUT2D eigenvalue weighted by molar-refractivity contribution is 0.277. The Kier molecular flexibility index (Phi) is 6.98. The van der Waals surface area contributed by atoms with E-state index in [-0.39, 0.29) is 6.61 Å². The molecule has 3 heterocycles. The Balaban J connectivity index is 0.000000459. The summed E-state index contributed by atoms with van der Waals surface area (Å²) in [7, 11) is 1.55. The number of aliphatic hydroxyl groups is 1. The van der Waals surface area contributed by atoms with E-state index in [0.29, 0.717) is 28.5 Å². The monoisotopic (exact) mass is 441 g/mol. The van der Waals surface area contributed by atoms with E-state index in [9.17, 15) is 5.11 Å².